The van der Waals surface area contributed by atoms with E-state index >= 15 is 0 Å². The Morgan fingerprint density at radius 3 is 2.37 bits per heavy atom. The fourth-order valence-electron chi connectivity index (χ4n) is 4.54. The molecule has 0 amide bonds. The normalized spacial score (nSPS) is 19.0. The van der Waals surface area contributed by atoms with Crippen LogP contribution in [0.1, 0.15) is 34.6 Å². The van der Waals surface area contributed by atoms with E-state index in [1.54, 1.807) is 0 Å². The number of hydrogen-bond acceptors (Lipinski definition) is 2. The van der Waals surface area contributed by atoms with Crippen molar-refractivity contribution in [2.75, 3.05) is 13.6 Å². The van der Waals surface area contributed by atoms with Crippen LogP contribution in [0.4, 0.5) is 0 Å². The molecule has 3 aromatic rings. The van der Waals surface area contributed by atoms with Crippen molar-refractivity contribution in [3.63, 3.8) is 0 Å². The summed E-state index contributed by atoms with van der Waals surface area (Å²) in [5.41, 5.74) is 5.41. The molecule has 0 bridgehead atoms. The van der Waals surface area contributed by atoms with Crippen LogP contribution < -0.4 is 0 Å². The number of benzene rings is 3. The van der Waals surface area contributed by atoms with Crippen LogP contribution in [-0.4, -0.2) is 23.6 Å². The topological polar surface area (TPSA) is 23.5 Å². The zero-order chi connectivity index (χ0) is 18.6. The molecule has 27 heavy (non-hydrogen) atoms. The van der Waals surface area contributed by atoms with Crippen LogP contribution in [0.15, 0.2) is 78.9 Å². The van der Waals surface area contributed by atoms with Gasteiger partial charge in [0, 0.05) is 19.0 Å². The lowest BCUT2D eigenvalue weighted by Crippen LogP contribution is -2.32. The summed E-state index contributed by atoms with van der Waals surface area (Å²) < 4.78 is 0. The van der Waals surface area contributed by atoms with Gasteiger partial charge in [0.1, 0.15) is 5.75 Å². The molecule has 0 fully saturated rings. The van der Waals surface area contributed by atoms with Gasteiger partial charge in [-0.1, -0.05) is 66.7 Å². The lowest BCUT2D eigenvalue weighted by molar-refractivity contribution is 0.239. The minimum atomic E-state index is 0.375. The number of hydrogen-bond donors (Lipinski definition) is 1. The number of nitrogens with zero attached hydrogens (tertiary/aromatic N) is 1. The molecule has 4 rings (SSSR count). The third-order valence-corrected chi connectivity index (χ3v) is 5.72. The summed E-state index contributed by atoms with van der Waals surface area (Å²) in [5, 5.41) is 9.91. The summed E-state index contributed by atoms with van der Waals surface area (Å²) in [6.07, 6.45) is 2.19. The Labute approximate surface area is 162 Å². The van der Waals surface area contributed by atoms with Crippen LogP contribution in [0.5, 0.6) is 5.75 Å². The van der Waals surface area contributed by atoms with E-state index in [9.17, 15) is 5.11 Å². The van der Waals surface area contributed by atoms with Crippen molar-refractivity contribution in [1.29, 1.82) is 0 Å². The van der Waals surface area contributed by atoms with Crippen molar-refractivity contribution in [3.8, 4) is 5.75 Å². The lowest BCUT2D eigenvalue weighted by atomic mass is 9.71. The molecule has 0 heterocycles. The Bertz CT molecular complexity index is 875. The van der Waals surface area contributed by atoms with E-state index in [-0.39, 0.29) is 0 Å². The van der Waals surface area contributed by atoms with Gasteiger partial charge < -0.3 is 10.0 Å². The van der Waals surface area contributed by atoms with Gasteiger partial charge >= 0.3 is 0 Å². The van der Waals surface area contributed by atoms with Gasteiger partial charge in [-0.2, -0.15) is 0 Å². The second-order valence-corrected chi connectivity index (χ2v) is 7.75. The molecule has 1 N–H and O–H groups in total. The van der Waals surface area contributed by atoms with Crippen LogP contribution in [0, 0.1) is 5.92 Å². The van der Waals surface area contributed by atoms with Gasteiger partial charge in [0.05, 0.1) is 0 Å². The molecular weight excluding hydrogens is 330 g/mol. The molecule has 0 spiro atoms. The zero-order valence-electron chi connectivity index (χ0n) is 15.9. The molecule has 0 aromatic heterocycles. The summed E-state index contributed by atoms with van der Waals surface area (Å²) >= 11 is 0. The maximum absolute atomic E-state index is 9.91. The molecule has 0 saturated carbocycles. The number of phenols is 1. The van der Waals surface area contributed by atoms with Gasteiger partial charge in [-0.25, -0.2) is 0 Å². The first kappa shape index (κ1) is 17.8. The first-order valence-electron chi connectivity index (χ1n) is 9.80. The van der Waals surface area contributed by atoms with E-state index in [0.29, 0.717) is 17.6 Å². The van der Waals surface area contributed by atoms with Gasteiger partial charge in [0.2, 0.25) is 0 Å². The number of fused-ring (bicyclic) bond motifs is 1. The average molecular weight is 357 g/mol. The molecule has 2 nitrogen and oxygen atoms in total. The van der Waals surface area contributed by atoms with E-state index in [4.69, 9.17) is 0 Å². The monoisotopic (exact) mass is 357 g/mol. The van der Waals surface area contributed by atoms with Crippen molar-refractivity contribution < 1.29 is 5.11 Å². The van der Waals surface area contributed by atoms with Crippen molar-refractivity contribution in [1.82, 2.24) is 4.90 Å². The van der Waals surface area contributed by atoms with Crippen LogP contribution >= 0.6 is 0 Å². The second kappa shape index (κ2) is 7.98. The summed E-state index contributed by atoms with van der Waals surface area (Å²) in [4.78, 5) is 2.45. The number of rotatable bonds is 5. The molecule has 3 aromatic carbocycles. The molecule has 0 saturated heterocycles. The SMILES string of the molecule is CN(Cc1ccccc1)C[C@H]1CCc2cc(O)ccc2[C@H]1c1ccccc1. The maximum atomic E-state index is 9.91. The van der Waals surface area contributed by atoms with Gasteiger partial charge in [-0.3, -0.25) is 0 Å². The van der Waals surface area contributed by atoms with Crippen molar-refractivity contribution >= 4 is 0 Å². The largest absolute Gasteiger partial charge is 0.508 e. The number of aryl methyl sites for hydroxylation is 1. The van der Waals surface area contributed by atoms with Gasteiger partial charge in [-0.15, -0.1) is 0 Å². The minimum absolute atomic E-state index is 0.375. The highest BCUT2D eigenvalue weighted by Crippen LogP contribution is 2.42. The van der Waals surface area contributed by atoms with Gasteiger partial charge in [0.25, 0.3) is 0 Å². The van der Waals surface area contributed by atoms with Crippen LogP contribution in [0.2, 0.25) is 0 Å². The molecule has 2 atom stereocenters. The summed E-state index contributed by atoms with van der Waals surface area (Å²) in [5.74, 6) is 1.33. The Kier molecular flexibility index (Phi) is 5.26. The van der Waals surface area contributed by atoms with Gasteiger partial charge in [-0.05, 0) is 60.2 Å². The Hall–Kier alpha value is -2.58. The highest BCUT2D eigenvalue weighted by atomic mass is 16.3. The summed E-state index contributed by atoms with van der Waals surface area (Å²) in [6, 6.07) is 27.5. The van der Waals surface area contributed by atoms with Crippen LogP contribution in [0.25, 0.3) is 0 Å². The quantitative estimate of drug-likeness (QED) is 0.677. The standard InChI is InChI=1S/C25H27NO/c1-26(17-19-8-4-2-5-9-19)18-22-13-12-21-16-23(27)14-15-24(21)25(22)20-10-6-3-7-11-20/h2-11,14-16,22,25,27H,12-13,17-18H2,1H3/t22-,25+/m1/s1. The number of phenolic OH excluding ortho intramolecular Hbond substituents is 1. The molecule has 138 valence electrons. The molecule has 1 aliphatic rings. The Morgan fingerprint density at radius 1 is 0.926 bits per heavy atom. The lowest BCUT2D eigenvalue weighted by Gasteiger charge is -2.36. The zero-order valence-corrected chi connectivity index (χ0v) is 15.9. The minimum Gasteiger partial charge on any atom is -0.508 e. The van der Waals surface area contributed by atoms with E-state index in [2.05, 4.69) is 78.7 Å². The Balaban J connectivity index is 1.60. The van der Waals surface area contributed by atoms with Crippen LogP contribution in [0.3, 0.4) is 0 Å². The molecule has 0 unspecified atom stereocenters. The first-order chi connectivity index (χ1) is 13.2. The highest BCUT2D eigenvalue weighted by molar-refractivity contribution is 5.44. The van der Waals surface area contributed by atoms with Crippen molar-refractivity contribution in [2.24, 2.45) is 5.92 Å². The van der Waals surface area contributed by atoms with E-state index in [1.165, 1.54) is 22.3 Å². The molecular formula is C25H27NO. The molecule has 1 aliphatic carbocycles. The third kappa shape index (κ3) is 4.06. The smallest absolute Gasteiger partial charge is 0.115 e. The molecule has 2 heteroatoms. The Morgan fingerprint density at radius 2 is 1.63 bits per heavy atom. The van der Waals surface area contributed by atoms with Crippen molar-refractivity contribution in [3.05, 3.63) is 101 Å². The first-order valence-corrected chi connectivity index (χ1v) is 9.80. The predicted octanol–water partition coefficient (Wildman–Crippen LogP) is 5.22. The van der Waals surface area contributed by atoms with E-state index in [1.807, 2.05) is 12.1 Å². The molecule has 0 aliphatic heterocycles. The predicted molar refractivity (Wildman–Crippen MR) is 111 cm³/mol. The fraction of sp³-hybridized carbons (Fsp3) is 0.280. The third-order valence-electron chi connectivity index (χ3n) is 5.72. The second-order valence-electron chi connectivity index (χ2n) is 7.75. The average Bonchev–Trinajstić information content (AvgIpc) is 2.69. The molecule has 0 radical (unpaired) electrons. The maximum Gasteiger partial charge on any atom is 0.115 e. The summed E-state index contributed by atoms with van der Waals surface area (Å²) in [7, 11) is 2.22. The fourth-order valence-corrected chi connectivity index (χ4v) is 4.54. The highest BCUT2D eigenvalue weighted by Gasteiger charge is 2.31. The van der Waals surface area contributed by atoms with Gasteiger partial charge in [0.15, 0.2) is 0 Å². The van der Waals surface area contributed by atoms with E-state index in [0.717, 1.165) is 25.9 Å². The van der Waals surface area contributed by atoms with E-state index < -0.39 is 0 Å². The number of aromatic hydroxyl groups is 1. The van der Waals surface area contributed by atoms with Crippen LogP contribution in [-0.2, 0) is 13.0 Å². The van der Waals surface area contributed by atoms with Crippen molar-refractivity contribution in [2.45, 2.75) is 25.3 Å². The summed E-state index contributed by atoms with van der Waals surface area (Å²) in [6.45, 7) is 2.04.